The first-order valence-corrected chi connectivity index (χ1v) is 6.24. The molecule has 3 nitrogen and oxygen atoms in total. The normalized spacial score (nSPS) is 11.9. The molecule has 0 aromatic heterocycles. The van der Waals surface area contributed by atoms with Crippen molar-refractivity contribution in [3.05, 3.63) is 46.5 Å². The molecule has 1 aromatic carbocycles. The molecule has 0 bridgehead atoms. The number of nitrogens with two attached hydrogens (primary N) is 1. The Bertz CT molecular complexity index is 428. The number of hydrogen-bond donors (Lipinski definition) is 1. The minimum Gasteiger partial charge on any atom is -0.808 e. The molecule has 0 fully saturated rings. The molecule has 0 aliphatic carbocycles. The van der Waals surface area contributed by atoms with Gasteiger partial charge >= 0.3 is 0 Å². The molecule has 0 aliphatic rings. The molecule has 0 unspecified atom stereocenters. The van der Waals surface area contributed by atoms with Crippen molar-refractivity contribution in [2.75, 3.05) is 6.61 Å². The van der Waals surface area contributed by atoms with E-state index in [0.29, 0.717) is 18.7 Å². The average Bonchev–Trinajstić information content (AvgIpc) is 2.34. The molecule has 0 amide bonds. The van der Waals surface area contributed by atoms with Crippen molar-refractivity contribution in [1.82, 2.24) is 0 Å². The van der Waals surface area contributed by atoms with Crippen LogP contribution in [0.25, 0.3) is 5.41 Å². The van der Waals surface area contributed by atoms with Crippen molar-refractivity contribution in [2.45, 2.75) is 33.6 Å². The molecule has 1 rings (SSSR count). The monoisotopic (exact) mass is 245 g/mol. The van der Waals surface area contributed by atoms with Crippen LogP contribution in [0.4, 0.5) is 0 Å². The summed E-state index contributed by atoms with van der Waals surface area (Å²) < 4.78 is 5.62. The lowest BCUT2D eigenvalue weighted by atomic mass is 10.1. The van der Waals surface area contributed by atoms with Crippen LogP contribution in [0.2, 0.25) is 0 Å². The molecule has 0 spiro atoms. The lowest BCUT2D eigenvalue weighted by Crippen LogP contribution is -2.09. The Hall–Kier alpha value is -1.77. The maximum atomic E-state index is 9.47. The first-order chi connectivity index (χ1) is 8.54. The van der Waals surface area contributed by atoms with Crippen LogP contribution >= 0.6 is 0 Å². The summed E-state index contributed by atoms with van der Waals surface area (Å²) in [5, 5.41) is 9.47. The second-order valence-electron chi connectivity index (χ2n) is 4.34. The van der Waals surface area contributed by atoms with E-state index in [1.165, 1.54) is 5.56 Å². The smallest absolute Gasteiger partial charge is 0.119 e. The summed E-state index contributed by atoms with van der Waals surface area (Å²) >= 11 is 0. The van der Waals surface area contributed by atoms with Gasteiger partial charge in [0.15, 0.2) is 0 Å². The standard InChI is InChI=1S/C15H21N2O/c1-4-13-5-7-14(8-6-13)18-10-9-15(11(2)16)12(3)17/h5-8H,4,9-10,16H2,1-3H3/q-1/b15-11-. The molecule has 0 saturated heterocycles. The van der Waals surface area contributed by atoms with Crippen LogP contribution in [0.5, 0.6) is 5.75 Å². The highest BCUT2D eigenvalue weighted by Crippen LogP contribution is 2.14. The van der Waals surface area contributed by atoms with E-state index >= 15 is 0 Å². The fraction of sp³-hybridized carbons (Fsp3) is 0.400. The summed E-state index contributed by atoms with van der Waals surface area (Å²) in [5.41, 5.74) is 8.66. The second-order valence-corrected chi connectivity index (χ2v) is 4.34. The van der Waals surface area contributed by atoms with E-state index in [-0.39, 0.29) is 5.71 Å². The summed E-state index contributed by atoms with van der Waals surface area (Å²) in [4.78, 5) is 0. The Kier molecular flexibility index (Phi) is 5.43. The number of allylic oxidation sites excluding steroid dienone is 1. The molecule has 1 aromatic rings. The van der Waals surface area contributed by atoms with Gasteiger partial charge in [0.05, 0.1) is 6.61 Å². The largest absolute Gasteiger partial charge is 0.808 e. The SMILES string of the molecule is CCc1ccc(OCC/C(C(C)=[N-])=C(\C)N)cc1. The van der Waals surface area contributed by atoms with Crippen LogP contribution in [-0.2, 0) is 6.42 Å². The average molecular weight is 245 g/mol. The first-order valence-electron chi connectivity index (χ1n) is 6.24. The van der Waals surface area contributed by atoms with Crippen molar-refractivity contribution in [3.8, 4) is 5.75 Å². The van der Waals surface area contributed by atoms with Gasteiger partial charge in [-0.1, -0.05) is 26.0 Å². The number of hydrogen-bond acceptors (Lipinski definition) is 2. The van der Waals surface area contributed by atoms with Gasteiger partial charge in [-0.3, -0.25) is 0 Å². The number of benzene rings is 1. The Balaban J connectivity index is 2.50. The minimum absolute atomic E-state index is 0.264. The van der Waals surface area contributed by atoms with Crippen molar-refractivity contribution in [1.29, 1.82) is 0 Å². The molecule has 0 radical (unpaired) electrons. The maximum Gasteiger partial charge on any atom is 0.119 e. The topological polar surface area (TPSA) is 57.5 Å². The second kappa shape index (κ2) is 6.84. The zero-order chi connectivity index (χ0) is 13.5. The van der Waals surface area contributed by atoms with Gasteiger partial charge in [-0.15, -0.1) is 0 Å². The van der Waals surface area contributed by atoms with E-state index in [1.807, 2.05) is 12.1 Å². The predicted molar refractivity (Wildman–Crippen MR) is 76.9 cm³/mol. The Morgan fingerprint density at radius 3 is 2.28 bits per heavy atom. The van der Waals surface area contributed by atoms with Gasteiger partial charge in [0.25, 0.3) is 0 Å². The molecule has 0 heterocycles. The minimum atomic E-state index is 0.264. The van der Waals surface area contributed by atoms with E-state index in [2.05, 4.69) is 19.1 Å². The molecule has 0 aliphatic heterocycles. The van der Waals surface area contributed by atoms with Gasteiger partial charge in [0, 0.05) is 12.1 Å². The van der Waals surface area contributed by atoms with Crippen molar-refractivity contribution < 1.29 is 4.74 Å². The van der Waals surface area contributed by atoms with Gasteiger partial charge in [-0.25, -0.2) is 0 Å². The number of ether oxygens (including phenoxy) is 1. The van der Waals surface area contributed by atoms with E-state index < -0.39 is 0 Å². The van der Waals surface area contributed by atoms with Gasteiger partial charge < -0.3 is 15.9 Å². The molecule has 98 valence electrons. The van der Waals surface area contributed by atoms with Crippen LogP contribution in [0.15, 0.2) is 35.5 Å². The zero-order valence-electron chi connectivity index (χ0n) is 11.4. The lowest BCUT2D eigenvalue weighted by molar-refractivity contribution is 0.323. The van der Waals surface area contributed by atoms with E-state index in [4.69, 9.17) is 10.5 Å². The third kappa shape index (κ3) is 4.24. The van der Waals surface area contributed by atoms with Gasteiger partial charge in [0.1, 0.15) is 5.75 Å². The molecule has 18 heavy (non-hydrogen) atoms. The van der Waals surface area contributed by atoms with Crippen LogP contribution in [0.3, 0.4) is 0 Å². The highest BCUT2D eigenvalue weighted by atomic mass is 16.5. The van der Waals surface area contributed by atoms with Crippen molar-refractivity contribution in [3.63, 3.8) is 0 Å². The van der Waals surface area contributed by atoms with Crippen LogP contribution < -0.4 is 10.5 Å². The molecule has 0 atom stereocenters. The third-order valence-corrected chi connectivity index (χ3v) is 2.87. The predicted octanol–water partition coefficient (Wildman–Crippen LogP) is 3.28. The highest BCUT2D eigenvalue weighted by Gasteiger charge is 2.00. The third-order valence-electron chi connectivity index (χ3n) is 2.87. The fourth-order valence-corrected chi connectivity index (χ4v) is 1.76. The number of nitrogens with zero attached hydrogens (tertiary/aromatic N) is 1. The molecule has 0 saturated carbocycles. The maximum absolute atomic E-state index is 9.47. The van der Waals surface area contributed by atoms with Gasteiger partial charge in [-0.05, 0) is 36.6 Å². The Morgan fingerprint density at radius 2 is 1.83 bits per heavy atom. The first kappa shape index (κ1) is 14.3. The zero-order valence-corrected chi connectivity index (χ0v) is 11.4. The molecule has 3 heteroatoms. The highest BCUT2D eigenvalue weighted by molar-refractivity contribution is 6.01. The van der Waals surface area contributed by atoms with E-state index in [1.54, 1.807) is 13.8 Å². The molecular formula is C15H21N2O-. The quantitative estimate of drug-likeness (QED) is 0.782. The van der Waals surface area contributed by atoms with Crippen molar-refractivity contribution >= 4 is 5.71 Å². The summed E-state index contributed by atoms with van der Waals surface area (Å²) in [5.74, 6) is 0.844. The van der Waals surface area contributed by atoms with Crippen LogP contribution in [-0.4, -0.2) is 12.3 Å². The van der Waals surface area contributed by atoms with E-state index in [0.717, 1.165) is 17.7 Å². The molecular weight excluding hydrogens is 224 g/mol. The van der Waals surface area contributed by atoms with Gasteiger partial charge in [-0.2, -0.15) is 5.71 Å². The lowest BCUT2D eigenvalue weighted by Gasteiger charge is -2.15. The van der Waals surface area contributed by atoms with Crippen LogP contribution in [0, 0.1) is 0 Å². The van der Waals surface area contributed by atoms with Gasteiger partial charge in [0.2, 0.25) is 0 Å². The summed E-state index contributed by atoms with van der Waals surface area (Å²) in [6, 6.07) is 8.05. The summed E-state index contributed by atoms with van der Waals surface area (Å²) in [7, 11) is 0. The fourth-order valence-electron chi connectivity index (χ4n) is 1.76. The van der Waals surface area contributed by atoms with Crippen LogP contribution in [0.1, 0.15) is 32.8 Å². The summed E-state index contributed by atoms with van der Waals surface area (Å²) in [6.45, 7) is 6.05. The Morgan fingerprint density at radius 1 is 1.22 bits per heavy atom. The van der Waals surface area contributed by atoms with E-state index in [9.17, 15) is 5.41 Å². The number of rotatable bonds is 6. The summed E-state index contributed by atoms with van der Waals surface area (Å²) in [6.07, 6.45) is 1.64. The Labute approximate surface area is 109 Å². The number of aryl methyl sites for hydroxylation is 1. The molecule has 2 N–H and O–H groups in total. The van der Waals surface area contributed by atoms with Crippen molar-refractivity contribution in [2.24, 2.45) is 5.73 Å².